The van der Waals surface area contributed by atoms with Crippen LogP contribution in [0.2, 0.25) is 5.15 Å². The van der Waals surface area contributed by atoms with E-state index in [-0.39, 0.29) is 6.61 Å². The number of halogens is 1. The summed E-state index contributed by atoms with van der Waals surface area (Å²) in [5, 5.41) is 34.4. The van der Waals surface area contributed by atoms with Crippen LogP contribution in [0.5, 0.6) is 0 Å². The molecule has 27 heavy (non-hydrogen) atoms. The fourth-order valence-electron chi connectivity index (χ4n) is 4.94. The molecular weight excluding hydrogens is 372 g/mol. The van der Waals surface area contributed by atoms with Crippen LogP contribution in [0.4, 0.5) is 5.69 Å². The molecule has 0 radical (unpaired) electrons. The summed E-state index contributed by atoms with van der Waals surface area (Å²) >= 11 is 6.30. The Bertz CT molecular complexity index is 849. The second-order valence-corrected chi connectivity index (χ2v) is 8.27. The van der Waals surface area contributed by atoms with Crippen LogP contribution >= 0.6 is 11.6 Å². The molecular formula is C18H23ClN4O4. The van der Waals surface area contributed by atoms with Gasteiger partial charge < -0.3 is 25.0 Å². The summed E-state index contributed by atoms with van der Waals surface area (Å²) in [6.07, 6.45) is 1.49. The Labute approximate surface area is 161 Å². The van der Waals surface area contributed by atoms with Crippen molar-refractivity contribution >= 4 is 22.8 Å². The molecule has 6 atom stereocenters. The first-order chi connectivity index (χ1) is 13.1. The highest BCUT2D eigenvalue weighted by atomic mass is 35.5. The van der Waals surface area contributed by atoms with Crippen molar-refractivity contribution in [2.75, 3.05) is 24.6 Å². The van der Waals surface area contributed by atoms with Gasteiger partial charge >= 0.3 is 0 Å². The summed E-state index contributed by atoms with van der Waals surface area (Å²) in [5.41, 5.74) is 1.78. The van der Waals surface area contributed by atoms with Crippen molar-refractivity contribution in [1.82, 2.24) is 14.6 Å². The van der Waals surface area contributed by atoms with Gasteiger partial charge in [0.1, 0.15) is 29.9 Å². The van der Waals surface area contributed by atoms with Crippen molar-refractivity contribution in [2.24, 2.45) is 11.8 Å². The minimum atomic E-state index is -1.19. The standard InChI is InChI=1S/C18H23ClN4O4/c19-14-4-11(22-6-9-2-1-3-10(9)7-22)12-5-20-18(23(12)21-14)17-16(26)15(25)13(8-24)27-17/h4-5,9-10,13,15-17,24-26H,1-3,6-8H2/t9?,10?,13-,15-,16-,17-/m1/s1. The number of fused-ring (bicyclic) bond motifs is 2. The Morgan fingerprint density at radius 3 is 2.59 bits per heavy atom. The van der Waals surface area contributed by atoms with Crippen LogP contribution in [0.3, 0.4) is 0 Å². The Morgan fingerprint density at radius 1 is 1.19 bits per heavy atom. The summed E-state index contributed by atoms with van der Waals surface area (Å²) in [6, 6.07) is 1.86. The minimum absolute atomic E-state index is 0.334. The summed E-state index contributed by atoms with van der Waals surface area (Å²) in [7, 11) is 0. The first-order valence-electron chi connectivity index (χ1n) is 9.48. The lowest BCUT2D eigenvalue weighted by molar-refractivity contribution is -0.0257. The number of hydrogen-bond donors (Lipinski definition) is 3. The second-order valence-electron chi connectivity index (χ2n) is 7.88. The maximum Gasteiger partial charge on any atom is 0.162 e. The van der Waals surface area contributed by atoms with Gasteiger partial charge in [-0.25, -0.2) is 9.50 Å². The highest BCUT2D eigenvalue weighted by Gasteiger charge is 2.45. The van der Waals surface area contributed by atoms with Gasteiger partial charge in [0.2, 0.25) is 0 Å². The Kier molecular flexibility index (Phi) is 4.29. The lowest BCUT2D eigenvalue weighted by Crippen LogP contribution is -2.32. The van der Waals surface area contributed by atoms with Crippen LogP contribution in [0.25, 0.3) is 5.52 Å². The monoisotopic (exact) mass is 394 g/mol. The van der Waals surface area contributed by atoms with E-state index < -0.39 is 24.4 Å². The largest absolute Gasteiger partial charge is 0.394 e. The number of rotatable bonds is 3. The van der Waals surface area contributed by atoms with Crippen LogP contribution in [0, 0.1) is 11.8 Å². The molecule has 2 aromatic heterocycles. The summed E-state index contributed by atoms with van der Waals surface area (Å²) in [6.45, 7) is 1.64. The molecule has 3 fully saturated rings. The van der Waals surface area contributed by atoms with Gasteiger partial charge in [0.05, 0.1) is 18.5 Å². The van der Waals surface area contributed by atoms with Gasteiger partial charge in [-0.05, 0) is 24.7 Å². The third-order valence-corrected chi connectivity index (χ3v) is 6.53. The number of imidazole rings is 1. The number of ether oxygens (including phenoxy) is 1. The molecule has 4 heterocycles. The van der Waals surface area contributed by atoms with E-state index in [9.17, 15) is 15.3 Å². The van der Waals surface area contributed by atoms with Crippen LogP contribution in [0.1, 0.15) is 31.2 Å². The van der Waals surface area contributed by atoms with Crippen molar-refractivity contribution in [3.63, 3.8) is 0 Å². The summed E-state index contributed by atoms with van der Waals surface area (Å²) in [4.78, 5) is 6.76. The Hall–Kier alpha value is -1.45. The zero-order valence-corrected chi connectivity index (χ0v) is 15.5. The fourth-order valence-corrected chi connectivity index (χ4v) is 5.12. The van der Waals surface area contributed by atoms with Crippen molar-refractivity contribution in [3.8, 4) is 0 Å². The van der Waals surface area contributed by atoms with E-state index in [2.05, 4.69) is 15.0 Å². The molecule has 0 amide bonds. The molecule has 2 aromatic rings. The van der Waals surface area contributed by atoms with Gasteiger partial charge in [-0.15, -0.1) is 0 Å². The normalized spacial score (nSPS) is 36.1. The number of aliphatic hydroxyl groups excluding tert-OH is 3. The van der Waals surface area contributed by atoms with Gasteiger partial charge in [0.25, 0.3) is 0 Å². The van der Waals surface area contributed by atoms with E-state index in [1.165, 1.54) is 19.3 Å². The number of nitrogens with zero attached hydrogens (tertiary/aromatic N) is 4. The third-order valence-electron chi connectivity index (χ3n) is 6.34. The first kappa shape index (κ1) is 17.6. The first-order valence-corrected chi connectivity index (χ1v) is 9.86. The number of aromatic nitrogens is 3. The van der Waals surface area contributed by atoms with Crippen molar-refractivity contribution in [1.29, 1.82) is 0 Å². The van der Waals surface area contributed by atoms with Gasteiger partial charge in [-0.1, -0.05) is 18.0 Å². The molecule has 3 N–H and O–H groups in total. The molecule has 2 unspecified atom stereocenters. The Balaban J connectivity index is 1.53. The molecule has 2 saturated heterocycles. The maximum atomic E-state index is 10.3. The fraction of sp³-hybridized carbons (Fsp3) is 0.667. The minimum Gasteiger partial charge on any atom is -0.394 e. The van der Waals surface area contributed by atoms with E-state index in [0.717, 1.165) is 36.1 Å². The number of anilines is 1. The molecule has 146 valence electrons. The summed E-state index contributed by atoms with van der Waals surface area (Å²) < 4.78 is 7.21. The molecule has 5 rings (SSSR count). The van der Waals surface area contributed by atoms with Crippen LogP contribution in [-0.2, 0) is 4.74 Å². The number of aliphatic hydroxyl groups is 3. The lowest BCUT2D eigenvalue weighted by atomic mass is 10.0. The molecule has 3 aliphatic rings. The maximum absolute atomic E-state index is 10.3. The van der Waals surface area contributed by atoms with E-state index in [1.54, 1.807) is 10.7 Å². The van der Waals surface area contributed by atoms with Gasteiger partial charge in [0.15, 0.2) is 11.0 Å². The van der Waals surface area contributed by atoms with E-state index in [4.69, 9.17) is 16.3 Å². The highest BCUT2D eigenvalue weighted by molar-refractivity contribution is 6.29. The van der Waals surface area contributed by atoms with E-state index >= 15 is 0 Å². The van der Waals surface area contributed by atoms with Gasteiger partial charge in [-0.3, -0.25) is 0 Å². The average Bonchev–Trinajstić information content (AvgIpc) is 3.39. The van der Waals surface area contributed by atoms with Gasteiger partial charge in [-0.2, -0.15) is 5.10 Å². The van der Waals surface area contributed by atoms with Crippen molar-refractivity contribution < 1.29 is 20.1 Å². The smallest absolute Gasteiger partial charge is 0.162 e. The Morgan fingerprint density at radius 2 is 1.93 bits per heavy atom. The predicted octanol–water partition coefficient (Wildman–Crippen LogP) is 0.773. The zero-order valence-electron chi connectivity index (χ0n) is 14.8. The van der Waals surface area contributed by atoms with Crippen LogP contribution < -0.4 is 4.90 Å². The van der Waals surface area contributed by atoms with Crippen molar-refractivity contribution in [2.45, 2.75) is 43.7 Å². The third kappa shape index (κ3) is 2.74. The van der Waals surface area contributed by atoms with Gasteiger partial charge in [0, 0.05) is 19.2 Å². The summed E-state index contributed by atoms with van der Waals surface area (Å²) in [5.74, 6) is 1.84. The molecule has 0 aromatic carbocycles. The number of hydrogen-bond acceptors (Lipinski definition) is 7. The molecule has 1 aliphatic carbocycles. The SMILES string of the molecule is OC[C@H]1O[C@@H](c2ncc3c(N4CC5CCCC5C4)cc(Cl)nn23)[C@H](O)[C@@H]1O. The lowest BCUT2D eigenvalue weighted by Gasteiger charge is -2.21. The topological polar surface area (TPSA) is 103 Å². The van der Waals surface area contributed by atoms with Crippen molar-refractivity contribution in [3.05, 3.63) is 23.2 Å². The van der Waals surface area contributed by atoms with E-state index in [1.807, 2.05) is 6.07 Å². The predicted molar refractivity (Wildman–Crippen MR) is 97.8 cm³/mol. The molecule has 8 nitrogen and oxygen atoms in total. The highest BCUT2D eigenvalue weighted by Crippen LogP contribution is 2.41. The van der Waals surface area contributed by atoms with Crippen LogP contribution in [-0.4, -0.2) is 67.9 Å². The quantitative estimate of drug-likeness (QED) is 0.706. The molecule has 2 aliphatic heterocycles. The molecule has 9 heteroatoms. The van der Waals surface area contributed by atoms with E-state index in [0.29, 0.717) is 11.0 Å². The average molecular weight is 395 g/mol. The van der Waals surface area contributed by atoms with Crippen LogP contribution in [0.15, 0.2) is 12.3 Å². The zero-order chi connectivity index (χ0) is 18.7. The second kappa shape index (κ2) is 6.56. The molecule has 0 spiro atoms. The molecule has 1 saturated carbocycles. The molecule has 0 bridgehead atoms.